The first-order valence-electron chi connectivity index (χ1n) is 13.1. The molecule has 0 saturated heterocycles. The van der Waals surface area contributed by atoms with Crippen LogP contribution in [-0.4, -0.2) is 23.6 Å². The molecule has 1 aromatic carbocycles. The van der Waals surface area contributed by atoms with Crippen molar-refractivity contribution in [2.45, 2.75) is 63.7 Å². The van der Waals surface area contributed by atoms with E-state index < -0.39 is 0 Å². The SMILES string of the molecule is C=Cc1c(C2(CNC)CC2)[nH]c(-c2ccncc2CCC2CCC2)c1Nc1cccc(Cl)c1CC. The zero-order valence-corrected chi connectivity index (χ0v) is 21.8. The van der Waals surface area contributed by atoms with Crippen LogP contribution in [0.15, 0.2) is 43.2 Å². The minimum Gasteiger partial charge on any atom is -0.356 e. The monoisotopic (exact) mass is 488 g/mol. The highest BCUT2D eigenvalue weighted by Gasteiger charge is 2.47. The minimum absolute atomic E-state index is 0.133. The van der Waals surface area contributed by atoms with E-state index in [0.29, 0.717) is 0 Å². The molecule has 3 N–H and O–H groups in total. The van der Waals surface area contributed by atoms with Crippen molar-refractivity contribution in [3.05, 3.63) is 70.6 Å². The zero-order chi connectivity index (χ0) is 24.4. The van der Waals surface area contributed by atoms with E-state index in [2.05, 4.69) is 52.4 Å². The predicted octanol–water partition coefficient (Wildman–Crippen LogP) is 7.66. The van der Waals surface area contributed by atoms with Gasteiger partial charge in [0.1, 0.15) is 0 Å². The summed E-state index contributed by atoms with van der Waals surface area (Å²) in [6.45, 7) is 7.35. The number of H-pyrrole nitrogens is 1. The third-order valence-corrected chi connectivity index (χ3v) is 8.45. The highest BCUT2D eigenvalue weighted by molar-refractivity contribution is 6.31. The molecule has 2 aromatic heterocycles. The van der Waals surface area contributed by atoms with Gasteiger partial charge in [0.25, 0.3) is 0 Å². The van der Waals surface area contributed by atoms with Gasteiger partial charge in [-0.15, -0.1) is 0 Å². The van der Waals surface area contributed by atoms with Gasteiger partial charge in [0.2, 0.25) is 0 Å². The van der Waals surface area contributed by atoms with Crippen molar-refractivity contribution < 1.29 is 0 Å². The minimum atomic E-state index is 0.133. The molecule has 0 radical (unpaired) electrons. The third-order valence-electron chi connectivity index (χ3n) is 8.09. The van der Waals surface area contributed by atoms with E-state index in [1.807, 2.05) is 31.5 Å². The summed E-state index contributed by atoms with van der Waals surface area (Å²) in [7, 11) is 2.04. The summed E-state index contributed by atoms with van der Waals surface area (Å²) in [5.74, 6) is 0.868. The standard InChI is InChI=1S/C30H37ClN4/c1-4-22-25(31)10-7-11-26(22)34-27-23(5-2)29(30(15-16-30)19-32-3)35-28(27)24-14-17-33-18-21(24)13-12-20-8-6-9-20/h5,7,10-11,14,17-18,20,32,34-35H,2,4,6,8-9,12-13,15-16,19H2,1,3H3. The molecule has 2 fully saturated rings. The van der Waals surface area contributed by atoms with Crippen LogP contribution in [0.5, 0.6) is 0 Å². The van der Waals surface area contributed by atoms with Gasteiger partial charge in [0, 0.05) is 51.9 Å². The van der Waals surface area contributed by atoms with Gasteiger partial charge in [0.15, 0.2) is 0 Å². The fraction of sp³-hybridized carbons (Fsp3) is 0.433. The fourth-order valence-corrected chi connectivity index (χ4v) is 5.96. The average molecular weight is 489 g/mol. The summed E-state index contributed by atoms with van der Waals surface area (Å²) in [5.41, 5.74) is 9.53. The number of nitrogens with zero attached hydrogens (tertiary/aromatic N) is 1. The molecule has 5 heteroatoms. The number of halogens is 1. The molecule has 0 spiro atoms. The fourth-order valence-electron chi connectivity index (χ4n) is 5.65. The van der Waals surface area contributed by atoms with Crippen LogP contribution in [-0.2, 0) is 18.3 Å². The summed E-state index contributed by atoms with van der Waals surface area (Å²) in [6.07, 6.45) is 15.6. The Morgan fingerprint density at radius 3 is 2.74 bits per heavy atom. The quantitative estimate of drug-likeness (QED) is 0.259. The second-order valence-electron chi connectivity index (χ2n) is 10.3. The summed E-state index contributed by atoms with van der Waals surface area (Å²) in [5, 5.41) is 8.02. The van der Waals surface area contributed by atoms with Gasteiger partial charge < -0.3 is 15.6 Å². The molecule has 2 aliphatic rings. The van der Waals surface area contributed by atoms with Gasteiger partial charge in [-0.2, -0.15) is 0 Å². The summed E-state index contributed by atoms with van der Waals surface area (Å²) in [6, 6.07) is 8.28. The topological polar surface area (TPSA) is 52.7 Å². The number of hydrogen-bond donors (Lipinski definition) is 3. The molecule has 5 rings (SSSR count). The molecule has 0 atom stereocenters. The molecule has 3 aromatic rings. The van der Waals surface area contributed by atoms with E-state index in [0.717, 1.165) is 58.5 Å². The van der Waals surface area contributed by atoms with E-state index in [1.165, 1.54) is 55.3 Å². The van der Waals surface area contributed by atoms with Gasteiger partial charge in [0.05, 0.1) is 11.4 Å². The van der Waals surface area contributed by atoms with Crippen molar-refractivity contribution >= 4 is 29.1 Å². The number of aryl methyl sites for hydroxylation is 1. The second-order valence-corrected chi connectivity index (χ2v) is 10.7. The Balaban J connectivity index is 1.63. The lowest BCUT2D eigenvalue weighted by Crippen LogP contribution is -2.24. The number of aromatic amines is 1. The lowest BCUT2D eigenvalue weighted by atomic mass is 9.81. The summed E-state index contributed by atoms with van der Waals surface area (Å²) < 4.78 is 0. The molecule has 0 bridgehead atoms. The van der Waals surface area contributed by atoms with E-state index in [-0.39, 0.29) is 5.41 Å². The third kappa shape index (κ3) is 4.66. The van der Waals surface area contributed by atoms with Crippen LogP contribution < -0.4 is 10.6 Å². The van der Waals surface area contributed by atoms with Crippen LogP contribution in [0, 0.1) is 5.92 Å². The second kappa shape index (κ2) is 10.2. The largest absolute Gasteiger partial charge is 0.356 e. The molecule has 2 heterocycles. The maximum Gasteiger partial charge on any atom is 0.0721 e. The van der Waals surface area contributed by atoms with Gasteiger partial charge in [-0.3, -0.25) is 4.98 Å². The first-order chi connectivity index (χ1) is 17.1. The van der Waals surface area contributed by atoms with Crippen LogP contribution in [0.3, 0.4) is 0 Å². The van der Waals surface area contributed by atoms with Crippen molar-refractivity contribution in [3.63, 3.8) is 0 Å². The Bertz CT molecular complexity index is 1200. The van der Waals surface area contributed by atoms with Gasteiger partial charge in [-0.1, -0.05) is 56.5 Å². The molecular formula is C30H37ClN4. The number of benzene rings is 1. The van der Waals surface area contributed by atoms with Crippen molar-refractivity contribution in [1.29, 1.82) is 0 Å². The van der Waals surface area contributed by atoms with Crippen LogP contribution >= 0.6 is 11.6 Å². The number of pyridine rings is 1. The Hall–Kier alpha value is -2.56. The molecule has 184 valence electrons. The van der Waals surface area contributed by atoms with Gasteiger partial charge in [-0.25, -0.2) is 0 Å². The van der Waals surface area contributed by atoms with Crippen LogP contribution in [0.25, 0.3) is 17.3 Å². The van der Waals surface area contributed by atoms with Crippen LogP contribution in [0.1, 0.15) is 67.8 Å². The molecule has 0 unspecified atom stereocenters. The van der Waals surface area contributed by atoms with Crippen LogP contribution in [0.2, 0.25) is 5.02 Å². The highest BCUT2D eigenvalue weighted by Crippen LogP contribution is 2.52. The van der Waals surface area contributed by atoms with Gasteiger partial charge >= 0.3 is 0 Å². The molecule has 4 nitrogen and oxygen atoms in total. The molecule has 2 aliphatic carbocycles. The van der Waals surface area contributed by atoms with Gasteiger partial charge in [-0.05, 0) is 74.4 Å². The molecule has 2 saturated carbocycles. The summed E-state index contributed by atoms with van der Waals surface area (Å²) >= 11 is 6.59. The van der Waals surface area contributed by atoms with E-state index in [1.54, 1.807) is 0 Å². The number of likely N-dealkylation sites (N-methyl/N-ethyl adjacent to an activating group) is 1. The van der Waals surface area contributed by atoms with Crippen LogP contribution in [0.4, 0.5) is 11.4 Å². The van der Waals surface area contributed by atoms with Crippen molar-refractivity contribution in [2.75, 3.05) is 18.9 Å². The predicted molar refractivity (Wildman–Crippen MR) is 149 cm³/mol. The molecule has 0 aliphatic heterocycles. The molecule has 0 amide bonds. The van der Waals surface area contributed by atoms with E-state index >= 15 is 0 Å². The molecular weight excluding hydrogens is 452 g/mol. The Morgan fingerprint density at radius 1 is 1.26 bits per heavy atom. The smallest absolute Gasteiger partial charge is 0.0721 e. The number of rotatable bonds is 11. The average Bonchev–Trinajstić information content (AvgIpc) is 3.52. The Kier molecular flexibility index (Phi) is 7.04. The van der Waals surface area contributed by atoms with E-state index in [9.17, 15) is 0 Å². The zero-order valence-electron chi connectivity index (χ0n) is 21.0. The maximum atomic E-state index is 6.59. The first-order valence-corrected chi connectivity index (χ1v) is 13.5. The number of nitrogens with one attached hydrogen (secondary N) is 3. The van der Waals surface area contributed by atoms with Crippen molar-refractivity contribution in [3.8, 4) is 11.3 Å². The van der Waals surface area contributed by atoms with Crippen molar-refractivity contribution in [1.82, 2.24) is 15.3 Å². The van der Waals surface area contributed by atoms with Crippen molar-refractivity contribution in [2.24, 2.45) is 5.92 Å². The Morgan fingerprint density at radius 2 is 2.09 bits per heavy atom. The highest BCUT2D eigenvalue weighted by atomic mass is 35.5. The first kappa shape index (κ1) is 24.1. The lowest BCUT2D eigenvalue weighted by molar-refractivity contribution is 0.296. The lowest BCUT2D eigenvalue weighted by Gasteiger charge is -2.25. The number of anilines is 2. The molecule has 35 heavy (non-hydrogen) atoms. The normalized spacial score (nSPS) is 16.7. The maximum absolute atomic E-state index is 6.59. The summed E-state index contributed by atoms with van der Waals surface area (Å²) in [4.78, 5) is 8.40. The number of hydrogen-bond acceptors (Lipinski definition) is 3. The van der Waals surface area contributed by atoms with E-state index in [4.69, 9.17) is 11.6 Å². The number of aromatic nitrogens is 2. The Labute approximate surface area is 214 Å².